The van der Waals surface area contributed by atoms with Gasteiger partial charge < -0.3 is 14.8 Å². The first-order valence-corrected chi connectivity index (χ1v) is 5.93. The monoisotopic (exact) mass is 231 g/mol. The van der Waals surface area contributed by atoms with Crippen molar-refractivity contribution in [2.75, 3.05) is 13.2 Å². The molecule has 0 aromatic rings. The summed E-state index contributed by atoms with van der Waals surface area (Å²) in [5, 5.41) is 2.69. The van der Waals surface area contributed by atoms with E-state index in [9.17, 15) is 4.79 Å². The highest BCUT2D eigenvalue weighted by atomic mass is 16.6. The zero-order valence-corrected chi connectivity index (χ0v) is 11.1. The minimum Gasteiger partial charge on any atom is -0.444 e. The normalized spacial score (nSPS) is 13.3. The lowest BCUT2D eigenvalue weighted by molar-refractivity contribution is 0.0487. The molecule has 1 unspecified atom stereocenters. The predicted molar refractivity (Wildman–Crippen MR) is 64.6 cm³/mol. The highest BCUT2D eigenvalue weighted by molar-refractivity contribution is 5.67. The van der Waals surface area contributed by atoms with Crippen molar-refractivity contribution < 1.29 is 14.3 Å². The number of ether oxygens (including phenoxy) is 2. The van der Waals surface area contributed by atoms with Gasteiger partial charge in [0, 0.05) is 13.2 Å². The van der Waals surface area contributed by atoms with Crippen molar-refractivity contribution in [2.24, 2.45) is 0 Å². The molecular formula is C12H25NO3. The standard InChI is InChI=1S/C12H25NO3/c1-6-10(2)15-9-7-8-13-11(14)16-12(3,4)5/h10H,6-9H2,1-5H3,(H,13,14). The van der Waals surface area contributed by atoms with E-state index in [4.69, 9.17) is 9.47 Å². The molecule has 0 aliphatic rings. The van der Waals surface area contributed by atoms with E-state index in [-0.39, 0.29) is 6.09 Å². The molecule has 1 amide bonds. The summed E-state index contributed by atoms with van der Waals surface area (Å²) in [7, 11) is 0. The molecule has 0 aromatic heterocycles. The summed E-state index contributed by atoms with van der Waals surface area (Å²) in [5.41, 5.74) is -0.433. The van der Waals surface area contributed by atoms with Gasteiger partial charge in [-0.15, -0.1) is 0 Å². The van der Waals surface area contributed by atoms with Crippen LogP contribution in [0, 0.1) is 0 Å². The highest BCUT2D eigenvalue weighted by Gasteiger charge is 2.15. The summed E-state index contributed by atoms with van der Waals surface area (Å²) in [4.78, 5) is 11.2. The summed E-state index contributed by atoms with van der Waals surface area (Å²) in [6.07, 6.45) is 1.75. The Hall–Kier alpha value is -0.770. The molecule has 0 fully saturated rings. The summed E-state index contributed by atoms with van der Waals surface area (Å²) >= 11 is 0. The maximum absolute atomic E-state index is 11.2. The van der Waals surface area contributed by atoms with Crippen molar-refractivity contribution in [1.29, 1.82) is 0 Å². The van der Waals surface area contributed by atoms with Gasteiger partial charge in [-0.2, -0.15) is 0 Å². The molecule has 0 aliphatic heterocycles. The Morgan fingerprint density at radius 2 is 2.00 bits per heavy atom. The molecule has 0 radical (unpaired) electrons. The van der Waals surface area contributed by atoms with Gasteiger partial charge in [0.1, 0.15) is 5.60 Å². The van der Waals surface area contributed by atoms with Gasteiger partial charge in [0.2, 0.25) is 0 Å². The quantitative estimate of drug-likeness (QED) is 0.715. The van der Waals surface area contributed by atoms with Crippen LogP contribution in [0.4, 0.5) is 4.79 Å². The van der Waals surface area contributed by atoms with Crippen LogP contribution < -0.4 is 5.32 Å². The van der Waals surface area contributed by atoms with Crippen LogP contribution in [0.1, 0.15) is 47.5 Å². The summed E-state index contributed by atoms with van der Waals surface area (Å²) in [6, 6.07) is 0. The van der Waals surface area contributed by atoms with Gasteiger partial charge in [0.05, 0.1) is 6.10 Å². The van der Waals surface area contributed by atoms with Gasteiger partial charge >= 0.3 is 6.09 Å². The fourth-order valence-electron chi connectivity index (χ4n) is 0.979. The number of alkyl carbamates (subject to hydrolysis) is 1. The number of carbonyl (C=O) groups excluding carboxylic acids is 1. The number of hydrogen-bond donors (Lipinski definition) is 1. The van der Waals surface area contributed by atoms with E-state index in [1.165, 1.54) is 0 Å². The molecular weight excluding hydrogens is 206 g/mol. The lowest BCUT2D eigenvalue weighted by atomic mass is 10.2. The zero-order chi connectivity index (χ0) is 12.6. The van der Waals surface area contributed by atoms with Crippen molar-refractivity contribution in [1.82, 2.24) is 5.32 Å². The highest BCUT2D eigenvalue weighted by Crippen LogP contribution is 2.06. The Morgan fingerprint density at radius 1 is 1.38 bits per heavy atom. The lowest BCUT2D eigenvalue weighted by Gasteiger charge is -2.19. The first-order chi connectivity index (χ1) is 7.35. The topological polar surface area (TPSA) is 47.6 Å². The summed E-state index contributed by atoms with van der Waals surface area (Å²) < 4.78 is 10.6. The molecule has 4 nitrogen and oxygen atoms in total. The fraction of sp³-hybridized carbons (Fsp3) is 0.917. The fourth-order valence-corrected chi connectivity index (χ4v) is 0.979. The second-order valence-electron chi connectivity index (χ2n) is 4.87. The smallest absolute Gasteiger partial charge is 0.407 e. The Balaban J connectivity index is 3.42. The maximum atomic E-state index is 11.2. The van der Waals surface area contributed by atoms with E-state index in [0.29, 0.717) is 19.3 Å². The van der Waals surface area contributed by atoms with Crippen molar-refractivity contribution in [3.05, 3.63) is 0 Å². The SMILES string of the molecule is CCC(C)OCCCNC(=O)OC(C)(C)C. The van der Waals surface area contributed by atoms with Crippen LogP contribution in [-0.4, -0.2) is 30.9 Å². The van der Waals surface area contributed by atoms with E-state index in [1.54, 1.807) is 0 Å². The second kappa shape index (κ2) is 7.49. The molecule has 4 heteroatoms. The predicted octanol–water partition coefficient (Wildman–Crippen LogP) is 2.72. The van der Waals surface area contributed by atoms with E-state index in [0.717, 1.165) is 12.8 Å². The van der Waals surface area contributed by atoms with E-state index >= 15 is 0 Å². The van der Waals surface area contributed by atoms with Crippen molar-refractivity contribution >= 4 is 6.09 Å². The molecule has 16 heavy (non-hydrogen) atoms. The molecule has 0 heterocycles. The Morgan fingerprint density at radius 3 is 2.50 bits per heavy atom. The van der Waals surface area contributed by atoms with Crippen molar-refractivity contribution in [2.45, 2.75) is 59.2 Å². The van der Waals surface area contributed by atoms with Crippen LogP contribution in [-0.2, 0) is 9.47 Å². The third-order valence-electron chi connectivity index (χ3n) is 1.97. The van der Waals surface area contributed by atoms with Crippen LogP contribution in [0.5, 0.6) is 0 Å². The lowest BCUT2D eigenvalue weighted by Crippen LogP contribution is -2.33. The van der Waals surface area contributed by atoms with Crippen LogP contribution >= 0.6 is 0 Å². The number of carbonyl (C=O) groups is 1. The van der Waals surface area contributed by atoms with Gasteiger partial charge in [-0.05, 0) is 40.5 Å². The molecule has 1 N–H and O–H groups in total. The Labute approximate surface area is 98.7 Å². The molecule has 0 spiro atoms. The Bertz CT molecular complexity index is 199. The van der Waals surface area contributed by atoms with Gasteiger partial charge in [-0.3, -0.25) is 0 Å². The molecule has 0 saturated heterocycles. The van der Waals surface area contributed by atoms with E-state index < -0.39 is 5.60 Å². The number of rotatable bonds is 6. The largest absolute Gasteiger partial charge is 0.444 e. The third-order valence-corrected chi connectivity index (χ3v) is 1.97. The molecule has 0 bridgehead atoms. The van der Waals surface area contributed by atoms with Crippen LogP contribution in [0.2, 0.25) is 0 Å². The first kappa shape index (κ1) is 15.2. The number of hydrogen-bond acceptors (Lipinski definition) is 3. The van der Waals surface area contributed by atoms with E-state index in [2.05, 4.69) is 12.2 Å². The average Bonchev–Trinajstić information content (AvgIpc) is 2.14. The molecule has 0 saturated carbocycles. The number of nitrogens with one attached hydrogen (secondary N) is 1. The summed E-state index contributed by atoms with van der Waals surface area (Å²) in [6.45, 7) is 10.9. The minimum atomic E-state index is -0.433. The molecule has 0 rings (SSSR count). The summed E-state index contributed by atoms with van der Waals surface area (Å²) in [5.74, 6) is 0. The van der Waals surface area contributed by atoms with Crippen LogP contribution in [0.15, 0.2) is 0 Å². The van der Waals surface area contributed by atoms with Crippen LogP contribution in [0.3, 0.4) is 0 Å². The third kappa shape index (κ3) is 9.77. The molecule has 0 aromatic carbocycles. The molecule has 0 aliphatic carbocycles. The Kier molecular flexibility index (Phi) is 7.13. The van der Waals surface area contributed by atoms with Gasteiger partial charge in [-0.25, -0.2) is 4.79 Å². The van der Waals surface area contributed by atoms with Crippen molar-refractivity contribution in [3.8, 4) is 0 Å². The minimum absolute atomic E-state index is 0.293. The van der Waals surface area contributed by atoms with Gasteiger partial charge in [0.15, 0.2) is 0 Å². The van der Waals surface area contributed by atoms with Crippen LogP contribution in [0.25, 0.3) is 0 Å². The average molecular weight is 231 g/mol. The first-order valence-electron chi connectivity index (χ1n) is 5.93. The van der Waals surface area contributed by atoms with E-state index in [1.807, 2.05) is 27.7 Å². The van der Waals surface area contributed by atoms with Gasteiger partial charge in [-0.1, -0.05) is 6.92 Å². The zero-order valence-electron chi connectivity index (χ0n) is 11.1. The number of amides is 1. The van der Waals surface area contributed by atoms with Gasteiger partial charge in [0.25, 0.3) is 0 Å². The molecule has 96 valence electrons. The maximum Gasteiger partial charge on any atom is 0.407 e. The second-order valence-corrected chi connectivity index (χ2v) is 4.87. The molecule has 1 atom stereocenters. The van der Waals surface area contributed by atoms with Crippen molar-refractivity contribution in [3.63, 3.8) is 0 Å².